The molecule has 4 aromatic heterocycles. The zero-order chi connectivity index (χ0) is 23.9. The van der Waals surface area contributed by atoms with E-state index in [1.807, 2.05) is 41.2 Å². The van der Waals surface area contributed by atoms with E-state index in [4.69, 9.17) is 15.9 Å². The summed E-state index contributed by atoms with van der Waals surface area (Å²) in [6.45, 7) is 5.35. The van der Waals surface area contributed by atoms with Gasteiger partial charge in [-0.2, -0.15) is 14.6 Å². The highest BCUT2D eigenvalue weighted by molar-refractivity contribution is 5.93. The van der Waals surface area contributed by atoms with Crippen molar-refractivity contribution in [3.8, 4) is 11.5 Å². The minimum atomic E-state index is -0.406. The molecule has 0 saturated carbocycles. The summed E-state index contributed by atoms with van der Waals surface area (Å²) in [5.41, 5.74) is 16.2. The van der Waals surface area contributed by atoms with Crippen molar-refractivity contribution in [2.24, 2.45) is 5.73 Å². The summed E-state index contributed by atoms with van der Waals surface area (Å²) < 4.78 is 9.12. The number of benzene rings is 1. The maximum atomic E-state index is 11.3. The maximum absolute atomic E-state index is 11.3. The van der Waals surface area contributed by atoms with Crippen LogP contribution in [0.1, 0.15) is 10.4 Å². The molecule has 1 aliphatic rings. The molecule has 4 N–H and O–H groups in total. The molecule has 6 rings (SSSR count). The Hall–Kier alpha value is -4.38. The molecular weight excluding hydrogens is 446 g/mol. The molecule has 0 bridgehead atoms. The lowest BCUT2D eigenvalue weighted by molar-refractivity contribution is 0.100. The second-order valence-electron chi connectivity index (χ2n) is 8.62. The number of hydrogen-bond donors (Lipinski definition) is 2. The molecule has 5 heterocycles. The number of nitrogen functional groups attached to an aromatic ring is 1. The highest BCUT2D eigenvalue weighted by atomic mass is 16.3. The smallest absolute Gasteiger partial charge is 0.248 e. The van der Waals surface area contributed by atoms with Crippen molar-refractivity contribution in [1.29, 1.82) is 0 Å². The van der Waals surface area contributed by atoms with E-state index >= 15 is 0 Å². The van der Waals surface area contributed by atoms with Crippen molar-refractivity contribution >= 4 is 34.2 Å². The van der Waals surface area contributed by atoms with Gasteiger partial charge in [0.25, 0.3) is 0 Å². The Morgan fingerprint density at radius 1 is 1.06 bits per heavy atom. The average Bonchev–Trinajstić information content (AvgIpc) is 3.63. The van der Waals surface area contributed by atoms with E-state index in [1.54, 1.807) is 22.9 Å². The number of nitrogens with zero attached hydrogens (tertiary/aromatic N) is 7. The van der Waals surface area contributed by atoms with E-state index in [-0.39, 0.29) is 0 Å². The van der Waals surface area contributed by atoms with Gasteiger partial charge in [0.05, 0.1) is 12.6 Å². The molecule has 0 aliphatic carbocycles. The minimum absolute atomic E-state index is 0.308. The minimum Gasteiger partial charge on any atom is -0.463 e. The molecule has 1 saturated heterocycles. The number of aromatic nitrogens is 5. The van der Waals surface area contributed by atoms with Crippen LogP contribution in [0.5, 0.6) is 0 Å². The first-order valence-corrected chi connectivity index (χ1v) is 11.5. The molecule has 0 radical (unpaired) electrons. The molecule has 1 fully saturated rings. The zero-order valence-corrected chi connectivity index (χ0v) is 19.0. The summed E-state index contributed by atoms with van der Waals surface area (Å²) in [4.78, 5) is 25.2. The summed E-state index contributed by atoms with van der Waals surface area (Å²) in [5, 5.41) is 4.53. The molecule has 11 heteroatoms. The summed E-state index contributed by atoms with van der Waals surface area (Å²) >= 11 is 0. The molecule has 178 valence electrons. The monoisotopic (exact) mass is 471 g/mol. The number of carbonyl (C=O) groups is 1. The first-order chi connectivity index (χ1) is 17.1. The van der Waals surface area contributed by atoms with Crippen molar-refractivity contribution in [3.05, 3.63) is 60.6 Å². The average molecular weight is 472 g/mol. The largest absolute Gasteiger partial charge is 0.463 e. The summed E-state index contributed by atoms with van der Waals surface area (Å²) in [6.07, 6.45) is 3.43. The van der Waals surface area contributed by atoms with Crippen LogP contribution >= 0.6 is 0 Å². The maximum Gasteiger partial charge on any atom is 0.248 e. The van der Waals surface area contributed by atoms with Crippen LogP contribution in [0.3, 0.4) is 0 Å². The number of hydrogen-bond acceptors (Lipinski definition) is 8. The summed E-state index contributed by atoms with van der Waals surface area (Å²) in [7, 11) is 0. The van der Waals surface area contributed by atoms with Crippen LogP contribution in [-0.4, -0.2) is 67.7 Å². The number of furan rings is 1. The van der Waals surface area contributed by atoms with Gasteiger partial charge in [0.15, 0.2) is 11.4 Å². The van der Waals surface area contributed by atoms with Crippen LogP contribution in [0.15, 0.2) is 59.5 Å². The molecule has 11 nitrogen and oxygen atoms in total. The van der Waals surface area contributed by atoms with Crippen molar-refractivity contribution in [3.63, 3.8) is 0 Å². The number of rotatable bonds is 6. The van der Waals surface area contributed by atoms with Crippen LogP contribution in [0.4, 0.5) is 11.6 Å². The van der Waals surface area contributed by atoms with Crippen LogP contribution in [0.25, 0.3) is 28.1 Å². The Balaban J connectivity index is 1.14. The van der Waals surface area contributed by atoms with E-state index in [0.717, 1.165) is 61.6 Å². The fraction of sp³-hybridized carbons (Fsp3) is 0.250. The van der Waals surface area contributed by atoms with Gasteiger partial charge in [-0.15, -0.1) is 0 Å². The molecular formula is C24H25N9O2. The number of imidazole rings is 1. The van der Waals surface area contributed by atoms with E-state index in [1.165, 1.54) is 0 Å². The Labute approximate surface area is 200 Å². The van der Waals surface area contributed by atoms with Gasteiger partial charge in [0, 0.05) is 50.5 Å². The number of piperazine rings is 1. The summed E-state index contributed by atoms with van der Waals surface area (Å²) in [5.74, 6) is 0.572. The highest BCUT2D eigenvalue weighted by Gasteiger charge is 2.19. The van der Waals surface area contributed by atoms with Crippen LogP contribution < -0.4 is 16.4 Å². The molecule has 1 amide bonds. The van der Waals surface area contributed by atoms with Gasteiger partial charge in [-0.05, 0) is 42.5 Å². The zero-order valence-electron chi connectivity index (χ0n) is 19.0. The van der Waals surface area contributed by atoms with Gasteiger partial charge in [-0.25, -0.2) is 4.98 Å². The van der Waals surface area contributed by atoms with Gasteiger partial charge in [-0.3, -0.25) is 9.69 Å². The van der Waals surface area contributed by atoms with E-state index in [2.05, 4.69) is 24.9 Å². The normalized spacial score (nSPS) is 14.8. The predicted octanol–water partition coefficient (Wildman–Crippen LogP) is 1.84. The predicted molar refractivity (Wildman–Crippen MR) is 132 cm³/mol. The number of nitrogens with two attached hydrogens (primary N) is 2. The molecule has 35 heavy (non-hydrogen) atoms. The highest BCUT2D eigenvalue weighted by Crippen LogP contribution is 2.26. The lowest BCUT2D eigenvalue weighted by Crippen LogP contribution is -2.47. The second kappa shape index (κ2) is 8.44. The first-order valence-electron chi connectivity index (χ1n) is 11.5. The van der Waals surface area contributed by atoms with Crippen LogP contribution in [-0.2, 0) is 6.54 Å². The third kappa shape index (κ3) is 3.85. The van der Waals surface area contributed by atoms with E-state index in [9.17, 15) is 4.79 Å². The quantitative estimate of drug-likeness (QED) is 0.383. The van der Waals surface area contributed by atoms with E-state index < -0.39 is 5.91 Å². The Bertz CT molecular complexity index is 1490. The fourth-order valence-electron chi connectivity index (χ4n) is 4.58. The first kappa shape index (κ1) is 21.2. The van der Waals surface area contributed by atoms with Crippen molar-refractivity contribution < 1.29 is 9.21 Å². The molecule has 5 aromatic rings. The van der Waals surface area contributed by atoms with Gasteiger partial charge in [-0.1, -0.05) is 0 Å². The van der Waals surface area contributed by atoms with Gasteiger partial charge in [0.1, 0.15) is 16.7 Å². The third-order valence-electron chi connectivity index (χ3n) is 6.52. The van der Waals surface area contributed by atoms with Gasteiger partial charge in [0.2, 0.25) is 11.9 Å². The molecule has 0 atom stereocenters. The lowest BCUT2D eigenvalue weighted by Gasteiger charge is -2.36. The van der Waals surface area contributed by atoms with Crippen molar-refractivity contribution in [1.82, 2.24) is 29.0 Å². The van der Waals surface area contributed by atoms with Crippen molar-refractivity contribution in [2.45, 2.75) is 6.54 Å². The van der Waals surface area contributed by atoms with Crippen LogP contribution in [0, 0.1) is 0 Å². The molecule has 1 aromatic carbocycles. The Kier molecular flexibility index (Phi) is 5.10. The Morgan fingerprint density at radius 2 is 1.86 bits per heavy atom. The van der Waals surface area contributed by atoms with Gasteiger partial charge >= 0.3 is 0 Å². The number of fused-ring (bicyclic) bond motifs is 3. The molecule has 0 unspecified atom stereocenters. The summed E-state index contributed by atoms with van der Waals surface area (Å²) in [6, 6.07) is 13.1. The number of primary amides is 1. The van der Waals surface area contributed by atoms with Crippen LogP contribution in [0.2, 0.25) is 0 Å². The molecule has 1 aliphatic heterocycles. The third-order valence-corrected chi connectivity index (χ3v) is 6.52. The van der Waals surface area contributed by atoms with Gasteiger partial charge < -0.3 is 25.4 Å². The number of carbonyl (C=O) groups excluding carboxylic acids is 1. The number of anilines is 2. The standard InChI is InChI=1S/C24H25N9O2/c25-22(34)16-3-5-17(6-4-16)31-10-7-30(8-11-31)9-12-32-15-27-21-19-14-18(20-2-1-13-35-20)29-33(19)24(26)28-23(21)32/h1-6,13-15H,7-12H2,(H2,25,34)(H2,26,28). The fourth-order valence-corrected chi connectivity index (χ4v) is 4.58. The molecule has 0 spiro atoms. The topological polar surface area (TPSA) is 137 Å². The lowest BCUT2D eigenvalue weighted by atomic mass is 10.1. The Morgan fingerprint density at radius 3 is 2.57 bits per heavy atom. The second-order valence-corrected chi connectivity index (χ2v) is 8.62. The van der Waals surface area contributed by atoms with Crippen molar-refractivity contribution in [2.75, 3.05) is 43.4 Å². The SMILES string of the molecule is NC(=O)c1ccc(N2CCN(CCn3cnc4c3nc(N)n3nc(-c5ccco5)cc43)CC2)cc1. The van der Waals surface area contributed by atoms with E-state index in [0.29, 0.717) is 23.0 Å². The number of amides is 1.